The largest absolute Gasteiger partial charge is 0.495 e. The van der Waals surface area contributed by atoms with Gasteiger partial charge in [0.1, 0.15) is 11.6 Å². The molecule has 0 saturated heterocycles. The molecule has 1 aromatic carbocycles. The lowest BCUT2D eigenvalue weighted by Crippen LogP contribution is -2.26. The van der Waals surface area contributed by atoms with E-state index in [0.29, 0.717) is 35.7 Å². The molecule has 2 heterocycles. The Labute approximate surface area is 174 Å². The zero-order valence-electron chi connectivity index (χ0n) is 16.9. The molecule has 0 unspecified atom stereocenters. The zero-order chi connectivity index (χ0) is 21.1. The molecule has 0 amide bonds. The first-order valence-corrected chi connectivity index (χ1v) is 9.65. The van der Waals surface area contributed by atoms with Crippen molar-refractivity contribution in [3.8, 4) is 22.8 Å². The average molecular weight is 403 g/mol. The highest BCUT2D eigenvalue weighted by Crippen LogP contribution is 2.47. The van der Waals surface area contributed by atoms with E-state index < -0.39 is 0 Å². The number of hydrogen-bond acceptors (Lipinski definition) is 6. The molecule has 1 saturated carbocycles. The van der Waals surface area contributed by atoms with Crippen molar-refractivity contribution in [2.75, 3.05) is 13.7 Å². The summed E-state index contributed by atoms with van der Waals surface area (Å²) < 4.78 is 11.3. The molecule has 2 aromatic heterocycles. The summed E-state index contributed by atoms with van der Waals surface area (Å²) in [5.41, 5.74) is 8.60. The molecule has 4 rings (SSSR count). The van der Waals surface area contributed by atoms with Crippen LogP contribution in [-0.4, -0.2) is 34.5 Å². The lowest BCUT2D eigenvalue weighted by molar-refractivity contribution is -0.207. The second-order valence-electron chi connectivity index (χ2n) is 7.23. The number of methoxy groups -OCH3 is 1. The van der Waals surface area contributed by atoms with Crippen LogP contribution >= 0.6 is 0 Å². The number of ether oxygens (including phenoxy) is 2. The summed E-state index contributed by atoms with van der Waals surface area (Å²) in [5, 5.41) is 11.1. The summed E-state index contributed by atoms with van der Waals surface area (Å²) in [4.78, 5) is 13.3. The van der Waals surface area contributed by atoms with Crippen LogP contribution in [-0.2, 0) is 0 Å². The quantitative estimate of drug-likeness (QED) is 0.357. The molecule has 3 N–H and O–H groups in total. The summed E-state index contributed by atoms with van der Waals surface area (Å²) in [6, 6.07) is 11.3. The maximum atomic E-state index is 7.70. The monoisotopic (exact) mass is 403 g/mol. The molecule has 8 heteroatoms. The summed E-state index contributed by atoms with van der Waals surface area (Å²) >= 11 is 0. The number of nitrogens with two attached hydrogens (primary N) is 1. The third kappa shape index (κ3) is 4.17. The molecular weight excluding hydrogens is 380 g/mol. The predicted molar refractivity (Wildman–Crippen MR) is 111 cm³/mol. The third-order valence-electron chi connectivity index (χ3n) is 5.20. The van der Waals surface area contributed by atoms with Crippen LogP contribution < -0.4 is 15.0 Å². The van der Waals surface area contributed by atoms with E-state index in [9.17, 15) is 0 Å². The van der Waals surface area contributed by atoms with Gasteiger partial charge in [0.15, 0.2) is 0 Å². The Kier molecular flexibility index (Phi) is 5.47. The number of pyridine rings is 1. The van der Waals surface area contributed by atoms with Crippen LogP contribution in [0.5, 0.6) is 11.6 Å². The lowest BCUT2D eigenvalue weighted by Gasteiger charge is -2.11. The van der Waals surface area contributed by atoms with Gasteiger partial charge in [0.05, 0.1) is 25.5 Å². The van der Waals surface area contributed by atoms with E-state index in [-0.39, 0.29) is 5.84 Å². The Hall–Kier alpha value is -3.68. The fourth-order valence-corrected chi connectivity index (χ4v) is 3.35. The van der Waals surface area contributed by atoms with E-state index in [4.69, 9.17) is 20.4 Å². The van der Waals surface area contributed by atoms with Crippen molar-refractivity contribution in [2.45, 2.75) is 19.3 Å². The maximum Gasteiger partial charge on any atom is 0.224 e. The van der Waals surface area contributed by atoms with Gasteiger partial charge in [0, 0.05) is 34.4 Å². The lowest BCUT2D eigenvalue weighted by atomic mass is 10.1. The van der Waals surface area contributed by atoms with Crippen molar-refractivity contribution in [1.82, 2.24) is 15.0 Å². The number of nitrogens with one attached hydrogen (secondary N) is 1. The molecule has 0 aliphatic heterocycles. The van der Waals surface area contributed by atoms with Gasteiger partial charge in [-0.25, -0.2) is 4.98 Å². The van der Waals surface area contributed by atoms with Crippen LogP contribution in [0.15, 0.2) is 53.9 Å². The number of aromatic nitrogens is 3. The second kappa shape index (κ2) is 8.36. The van der Waals surface area contributed by atoms with E-state index in [1.165, 1.54) is 0 Å². The van der Waals surface area contributed by atoms with Crippen molar-refractivity contribution >= 4 is 5.84 Å². The molecular formula is C22H23N6O2+. The van der Waals surface area contributed by atoms with E-state index >= 15 is 0 Å². The second-order valence-corrected chi connectivity index (χ2v) is 7.23. The van der Waals surface area contributed by atoms with E-state index in [1.54, 1.807) is 31.6 Å². The first-order chi connectivity index (χ1) is 14.6. The fraction of sp³-hybridized carbons (Fsp3) is 0.273. The van der Waals surface area contributed by atoms with Crippen LogP contribution in [0, 0.1) is 18.3 Å². The third-order valence-corrected chi connectivity index (χ3v) is 5.20. The van der Waals surface area contributed by atoms with Crippen LogP contribution in [0.1, 0.15) is 29.4 Å². The molecule has 30 heavy (non-hydrogen) atoms. The van der Waals surface area contributed by atoms with Crippen LogP contribution in [0.4, 0.5) is 0 Å². The number of benzene rings is 1. The van der Waals surface area contributed by atoms with Crippen LogP contribution in [0.25, 0.3) is 11.1 Å². The highest BCUT2D eigenvalue weighted by atomic mass is 16.5. The molecule has 1 aliphatic carbocycles. The molecule has 0 radical (unpaired) electrons. The first kappa shape index (κ1) is 19.6. The summed E-state index contributed by atoms with van der Waals surface area (Å²) in [6.45, 7) is 2.40. The molecule has 152 valence electrons. The van der Waals surface area contributed by atoms with Crippen LogP contribution in [0.2, 0.25) is 0 Å². The zero-order valence-corrected chi connectivity index (χ0v) is 16.9. The standard InChI is InChI=1S/C22H22N6O2/c1-13-25-11-19(14-3-5-15(6-4-14)21(23)28-24)22(27-13)30-12-16-9-18(16)20-8-7-17(29-2)10-26-20/h3-8,10-11,16,18,23-24H,9,12H2,1-2H3/p+1/t16-,18+/m1/s1. The highest BCUT2D eigenvalue weighted by Gasteiger charge is 2.40. The molecule has 0 bridgehead atoms. The van der Waals surface area contributed by atoms with Gasteiger partial charge in [-0.1, -0.05) is 24.3 Å². The van der Waals surface area contributed by atoms with Gasteiger partial charge in [-0.05, 0) is 31.0 Å². The number of nitrogens with zero attached hydrogens (tertiary/aromatic N) is 4. The first-order valence-electron chi connectivity index (χ1n) is 9.65. The number of rotatable bonds is 7. The van der Waals surface area contributed by atoms with Gasteiger partial charge in [0.2, 0.25) is 11.7 Å². The van der Waals surface area contributed by atoms with E-state index in [2.05, 4.69) is 20.1 Å². The van der Waals surface area contributed by atoms with Gasteiger partial charge < -0.3 is 9.47 Å². The Morgan fingerprint density at radius 1 is 1.17 bits per heavy atom. The molecule has 3 aromatic rings. The topological polar surface area (TPSA) is 119 Å². The van der Waals surface area contributed by atoms with Crippen molar-refractivity contribution in [2.24, 2.45) is 11.0 Å². The minimum absolute atomic E-state index is 0.0325. The van der Waals surface area contributed by atoms with E-state index in [0.717, 1.165) is 29.0 Å². The number of hydrogen-bond donors (Lipinski definition) is 2. The van der Waals surface area contributed by atoms with Crippen molar-refractivity contribution < 1.29 is 15.0 Å². The fourth-order valence-electron chi connectivity index (χ4n) is 3.35. The van der Waals surface area contributed by atoms with Crippen molar-refractivity contribution in [1.29, 1.82) is 5.41 Å². The van der Waals surface area contributed by atoms with Crippen LogP contribution in [0.3, 0.4) is 0 Å². The summed E-state index contributed by atoms with van der Waals surface area (Å²) in [5.74, 6) is 2.80. The van der Waals surface area contributed by atoms with Gasteiger partial charge in [-0.15, -0.1) is 0 Å². The average Bonchev–Trinajstić information content (AvgIpc) is 3.57. The smallest absolute Gasteiger partial charge is 0.224 e. The van der Waals surface area contributed by atoms with E-state index in [1.807, 2.05) is 31.2 Å². The molecule has 8 nitrogen and oxygen atoms in total. The summed E-state index contributed by atoms with van der Waals surface area (Å²) in [6.07, 6.45) is 4.55. The maximum absolute atomic E-state index is 7.70. The Morgan fingerprint density at radius 2 is 1.97 bits per heavy atom. The van der Waals surface area contributed by atoms with Crippen molar-refractivity contribution in [3.63, 3.8) is 0 Å². The SMILES string of the molecule is COc1ccc([C@H]2C[C@@H]2COc2nc(C)ncc2-c2ccc(C(=N)N=[NH2+])cc2)nc1. The van der Waals surface area contributed by atoms with Gasteiger partial charge in [0.25, 0.3) is 0 Å². The van der Waals surface area contributed by atoms with Crippen molar-refractivity contribution in [3.05, 3.63) is 65.9 Å². The predicted octanol–water partition coefficient (Wildman–Crippen LogP) is 2.57. The molecule has 1 aliphatic rings. The molecule has 2 atom stereocenters. The normalized spacial score (nSPS) is 17.3. The van der Waals surface area contributed by atoms with Gasteiger partial charge in [-0.3, -0.25) is 10.4 Å². The molecule has 0 spiro atoms. The Balaban J connectivity index is 1.46. The number of amidine groups is 1. The minimum Gasteiger partial charge on any atom is -0.495 e. The Bertz CT molecular complexity index is 1070. The molecule has 1 fully saturated rings. The van der Waals surface area contributed by atoms with Gasteiger partial charge >= 0.3 is 0 Å². The minimum atomic E-state index is 0.0325. The highest BCUT2D eigenvalue weighted by molar-refractivity contribution is 5.96. The van der Waals surface area contributed by atoms with Gasteiger partial charge in [-0.2, -0.15) is 10.5 Å². The summed E-state index contributed by atoms with van der Waals surface area (Å²) in [7, 11) is 1.64. The number of aryl methyl sites for hydroxylation is 1. The Morgan fingerprint density at radius 3 is 2.63 bits per heavy atom.